The molecule has 0 aromatic heterocycles. The van der Waals surface area contributed by atoms with Crippen LogP contribution in [0.25, 0.3) is 0 Å². The van der Waals surface area contributed by atoms with Crippen molar-refractivity contribution in [3.05, 3.63) is 29.6 Å². The summed E-state index contributed by atoms with van der Waals surface area (Å²) in [4.78, 5) is 2.20. The molecule has 94 valence electrons. The summed E-state index contributed by atoms with van der Waals surface area (Å²) in [7, 11) is 0. The molecule has 1 aliphatic rings. The fourth-order valence-electron chi connectivity index (χ4n) is 2.75. The van der Waals surface area contributed by atoms with Crippen molar-refractivity contribution < 1.29 is 4.39 Å². The Morgan fingerprint density at radius 1 is 1.35 bits per heavy atom. The molecule has 1 fully saturated rings. The zero-order chi connectivity index (χ0) is 12.3. The fraction of sp³-hybridized carbons (Fsp3) is 0.571. The van der Waals surface area contributed by atoms with E-state index >= 15 is 0 Å². The second-order valence-electron chi connectivity index (χ2n) is 4.71. The highest BCUT2D eigenvalue weighted by Gasteiger charge is 2.23. The van der Waals surface area contributed by atoms with Gasteiger partial charge in [-0.3, -0.25) is 0 Å². The quantitative estimate of drug-likeness (QED) is 0.870. The first-order chi connectivity index (χ1) is 8.26. The maximum atomic E-state index is 14.0. The van der Waals surface area contributed by atoms with E-state index in [0.29, 0.717) is 12.6 Å². The van der Waals surface area contributed by atoms with Crippen molar-refractivity contribution in [2.24, 2.45) is 5.73 Å². The van der Waals surface area contributed by atoms with E-state index in [-0.39, 0.29) is 5.82 Å². The standard InChI is InChI=1S/C14H21FN2/c1-2-17(12-5-3-4-6-12)14-8-7-11(10-16)9-13(14)15/h7-9,12H,2-6,10,16H2,1H3. The molecule has 1 aromatic rings. The largest absolute Gasteiger partial charge is 0.366 e. The van der Waals surface area contributed by atoms with Crippen LogP contribution in [0.2, 0.25) is 0 Å². The van der Waals surface area contributed by atoms with Crippen molar-refractivity contribution in [3.8, 4) is 0 Å². The van der Waals surface area contributed by atoms with Gasteiger partial charge in [0, 0.05) is 19.1 Å². The van der Waals surface area contributed by atoms with Crippen LogP contribution in [0.5, 0.6) is 0 Å². The number of hydrogen-bond acceptors (Lipinski definition) is 2. The Morgan fingerprint density at radius 3 is 2.59 bits per heavy atom. The molecular formula is C14H21FN2. The molecule has 0 radical (unpaired) electrons. The van der Waals surface area contributed by atoms with Gasteiger partial charge in [0.2, 0.25) is 0 Å². The van der Waals surface area contributed by atoms with Crippen molar-refractivity contribution in [1.82, 2.24) is 0 Å². The van der Waals surface area contributed by atoms with E-state index in [9.17, 15) is 4.39 Å². The highest BCUT2D eigenvalue weighted by molar-refractivity contribution is 5.50. The Labute approximate surface area is 103 Å². The molecule has 0 amide bonds. The van der Waals surface area contributed by atoms with Crippen LogP contribution in [0.1, 0.15) is 38.2 Å². The molecule has 3 heteroatoms. The van der Waals surface area contributed by atoms with Gasteiger partial charge < -0.3 is 10.6 Å². The highest BCUT2D eigenvalue weighted by atomic mass is 19.1. The lowest BCUT2D eigenvalue weighted by molar-refractivity contribution is 0.577. The van der Waals surface area contributed by atoms with E-state index in [1.165, 1.54) is 25.7 Å². The van der Waals surface area contributed by atoms with Gasteiger partial charge in [0.15, 0.2) is 0 Å². The number of halogens is 1. The molecule has 2 rings (SSSR count). The molecule has 1 aliphatic carbocycles. The number of hydrogen-bond donors (Lipinski definition) is 1. The van der Waals surface area contributed by atoms with Crippen LogP contribution in [-0.4, -0.2) is 12.6 Å². The zero-order valence-corrected chi connectivity index (χ0v) is 10.5. The first-order valence-electron chi connectivity index (χ1n) is 6.51. The lowest BCUT2D eigenvalue weighted by Gasteiger charge is -2.30. The third-order valence-electron chi connectivity index (χ3n) is 3.66. The predicted molar refractivity (Wildman–Crippen MR) is 69.6 cm³/mol. The minimum atomic E-state index is -0.137. The molecule has 0 bridgehead atoms. The van der Waals surface area contributed by atoms with Crippen molar-refractivity contribution in [2.45, 2.75) is 45.2 Å². The second kappa shape index (κ2) is 5.50. The van der Waals surface area contributed by atoms with Crippen LogP contribution in [0, 0.1) is 5.82 Å². The van der Waals surface area contributed by atoms with Gasteiger partial charge >= 0.3 is 0 Å². The van der Waals surface area contributed by atoms with Crippen molar-refractivity contribution in [1.29, 1.82) is 0 Å². The smallest absolute Gasteiger partial charge is 0.146 e. The number of benzene rings is 1. The summed E-state index contributed by atoms with van der Waals surface area (Å²) in [6.45, 7) is 3.35. The minimum Gasteiger partial charge on any atom is -0.366 e. The number of rotatable bonds is 4. The molecule has 2 nitrogen and oxygen atoms in total. The third kappa shape index (κ3) is 2.60. The van der Waals surface area contributed by atoms with E-state index in [2.05, 4.69) is 11.8 Å². The third-order valence-corrected chi connectivity index (χ3v) is 3.66. The van der Waals surface area contributed by atoms with Gasteiger partial charge in [-0.1, -0.05) is 18.9 Å². The van der Waals surface area contributed by atoms with Gasteiger partial charge in [0.25, 0.3) is 0 Å². The Kier molecular flexibility index (Phi) is 4.00. The molecule has 0 heterocycles. The maximum absolute atomic E-state index is 14.0. The van der Waals surface area contributed by atoms with Gasteiger partial charge in [-0.15, -0.1) is 0 Å². The van der Waals surface area contributed by atoms with Crippen molar-refractivity contribution >= 4 is 5.69 Å². The summed E-state index contributed by atoms with van der Waals surface area (Å²) in [6, 6.07) is 5.88. The van der Waals surface area contributed by atoms with Crippen LogP contribution < -0.4 is 10.6 Å². The molecular weight excluding hydrogens is 215 g/mol. The van der Waals surface area contributed by atoms with Crippen LogP contribution in [0.4, 0.5) is 10.1 Å². The van der Waals surface area contributed by atoms with Gasteiger partial charge in [0.05, 0.1) is 5.69 Å². The average molecular weight is 236 g/mol. The maximum Gasteiger partial charge on any atom is 0.146 e. The highest BCUT2D eigenvalue weighted by Crippen LogP contribution is 2.30. The lowest BCUT2D eigenvalue weighted by atomic mass is 10.1. The number of anilines is 1. The van der Waals surface area contributed by atoms with Crippen molar-refractivity contribution in [2.75, 3.05) is 11.4 Å². The summed E-state index contributed by atoms with van der Waals surface area (Å²) in [5, 5.41) is 0. The first kappa shape index (κ1) is 12.4. The second-order valence-corrected chi connectivity index (χ2v) is 4.71. The number of nitrogens with zero attached hydrogens (tertiary/aromatic N) is 1. The Bertz CT molecular complexity index is 372. The Hall–Kier alpha value is -1.09. The summed E-state index contributed by atoms with van der Waals surface area (Å²) >= 11 is 0. The molecule has 2 N–H and O–H groups in total. The normalized spacial score (nSPS) is 16.4. The zero-order valence-electron chi connectivity index (χ0n) is 10.5. The first-order valence-corrected chi connectivity index (χ1v) is 6.51. The summed E-state index contributed by atoms with van der Waals surface area (Å²) in [5.41, 5.74) is 7.11. The van der Waals surface area contributed by atoms with E-state index < -0.39 is 0 Å². The monoisotopic (exact) mass is 236 g/mol. The topological polar surface area (TPSA) is 29.3 Å². The van der Waals surface area contributed by atoms with E-state index in [1.54, 1.807) is 6.07 Å². The molecule has 0 saturated heterocycles. The van der Waals surface area contributed by atoms with Gasteiger partial charge in [-0.2, -0.15) is 0 Å². The average Bonchev–Trinajstić information content (AvgIpc) is 2.85. The van der Waals surface area contributed by atoms with Crippen LogP contribution >= 0.6 is 0 Å². The van der Waals surface area contributed by atoms with Gasteiger partial charge in [0.1, 0.15) is 5.82 Å². The van der Waals surface area contributed by atoms with E-state index in [4.69, 9.17) is 5.73 Å². The molecule has 0 atom stereocenters. The Morgan fingerprint density at radius 2 is 2.06 bits per heavy atom. The van der Waals surface area contributed by atoms with Crippen molar-refractivity contribution in [3.63, 3.8) is 0 Å². The van der Waals surface area contributed by atoms with Crippen LogP contribution in [0.15, 0.2) is 18.2 Å². The molecule has 1 saturated carbocycles. The summed E-state index contributed by atoms with van der Waals surface area (Å²) in [5.74, 6) is -0.137. The van der Waals surface area contributed by atoms with Gasteiger partial charge in [-0.05, 0) is 37.5 Å². The van der Waals surface area contributed by atoms with E-state index in [0.717, 1.165) is 17.8 Å². The van der Waals surface area contributed by atoms with Crippen LogP contribution in [0.3, 0.4) is 0 Å². The minimum absolute atomic E-state index is 0.137. The van der Waals surface area contributed by atoms with E-state index in [1.807, 2.05) is 12.1 Å². The fourth-order valence-corrected chi connectivity index (χ4v) is 2.75. The molecule has 0 aliphatic heterocycles. The summed E-state index contributed by atoms with van der Waals surface area (Å²) in [6.07, 6.45) is 4.91. The molecule has 1 aromatic carbocycles. The molecule has 17 heavy (non-hydrogen) atoms. The predicted octanol–water partition coefficient (Wildman–Crippen LogP) is 3.05. The van der Waals surface area contributed by atoms with Crippen LogP contribution in [-0.2, 0) is 6.54 Å². The molecule has 0 spiro atoms. The molecule has 0 unspecified atom stereocenters. The lowest BCUT2D eigenvalue weighted by Crippen LogP contribution is -2.33. The Balaban J connectivity index is 2.23. The number of nitrogens with two attached hydrogens (primary N) is 1. The van der Waals surface area contributed by atoms with Gasteiger partial charge in [-0.25, -0.2) is 4.39 Å². The summed E-state index contributed by atoms with van der Waals surface area (Å²) < 4.78 is 14.0. The SMILES string of the molecule is CCN(c1ccc(CN)cc1F)C1CCCC1.